The van der Waals surface area contributed by atoms with E-state index in [1.807, 2.05) is 39.8 Å². The van der Waals surface area contributed by atoms with Gasteiger partial charge in [-0.25, -0.2) is 4.79 Å². The van der Waals surface area contributed by atoms with Crippen LogP contribution < -0.4 is 15.2 Å². The van der Waals surface area contributed by atoms with Gasteiger partial charge in [0.25, 0.3) is 0 Å². The lowest BCUT2D eigenvalue weighted by atomic mass is 9.96. The van der Waals surface area contributed by atoms with Crippen LogP contribution >= 0.6 is 0 Å². The number of fused-ring (bicyclic) bond motifs is 2. The molecular weight excluding hydrogens is 358 g/mol. The molecular formula is C22H25NO5. The van der Waals surface area contributed by atoms with Crippen molar-refractivity contribution >= 4 is 17.4 Å². The molecule has 0 atom stereocenters. The lowest BCUT2D eigenvalue weighted by molar-refractivity contribution is 0.0455. The minimum atomic E-state index is -0.637. The highest BCUT2D eigenvalue weighted by atomic mass is 16.5. The lowest BCUT2D eigenvalue weighted by Crippen LogP contribution is -2.17. The highest BCUT2D eigenvalue weighted by Gasteiger charge is 2.31. The summed E-state index contributed by atoms with van der Waals surface area (Å²) in [6.07, 6.45) is 0.311. The normalized spacial score (nSPS) is 13.0. The van der Waals surface area contributed by atoms with Gasteiger partial charge < -0.3 is 19.9 Å². The van der Waals surface area contributed by atoms with Crippen molar-refractivity contribution in [2.45, 2.75) is 40.7 Å². The Balaban J connectivity index is 2.22. The minimum Gasteiger partial charge on any atom is -0.495 e. The van der Waals surface area contributed by atoms with Crippen LogP contribution in [0, 0.1) is 19.8 Å². The number of anilines is 1. The monoisotopic (exact) mass is 383 g/mol. The number of carbonyl (C=O) groups excluding carboxylic acids is 2. The first-order valence-corrected chi connectivity index (χ1v) is 9.21. The molecule has 0 fully saturated rings. The van der Waals surface area contributed by atoms with Gasteiger partial charge in [0.15, 0.2) is 11.5 Å². The summed E-state index contributed by atoms with van der Waals surface area (Å²) in [7, 11) is 1.41. The first kappa shape index (κ1) is 19.7. The Hall–Kier alpha value is -3.02. The molecule has 6 heteroatoms. The van der Waals surface area contributed by atoms with Gasteiger partial charge >= 0.3 is 5.97 Å². The van der Waals surface area contributed by atoms with Crippen molar-refractivity contribution in [3.05, 3.63) is 46.0 Å². The predicted molar refractivity (Wildman–Crippen MR) is 106 cm³/mol. The first-order chi connectivity index (χ1) is 13.2. The van der Waals surface area contributed by atoms with Crippen molar-refractivity contribution in [2.75, 3.05) is 12.8 Å². The van der Waals surface area contributed by atoms with Crippen molar-refractivity contribution in [3.63, 3.8) is 0 Å². The van der Waals surface area contributed by atoms with Gasteiger partial charge in [-0.3, -0.25) is 4.79 Å². The van der Waals surface area contributed by atoms with Gasteiger partial charge in [-0.1, -0.05) is 25.5 Å². The molecule has 2 N–H and O–H groups in total. The number of rotatable bonds is 4. The molecule has 2 aromatic rings. The van der Waals surface area contributed by atoms with E-state index in [0.29, 0.717) is 12.2 Å². The Morgan fingerprint density at radius 3 is 2.57 bits per heavy atom. The number of ketones is 1. The second-order valence-electron chi connectivity index (χ2n) is 7.52. The number of aryl methyl sites for hydroxylation is 2. The van der Waals surface area contributed by atoms with Gasteiger partial charge in [0.05, 0.1) is 18.4 Å². The van der Waals surface area contributed by atoms with E-state index < -0.39 is 5.97 Å². The molecule has 0 radical (unpaired) electrons. The molecule has 0 spiro atoms. The molecule has 0 saturated carbocycles. The summed E-state index contributed by atoms with van der Waals surface area (Å²) in [5.41, 5.74) is 9.40. The lowest BCUT2D eigenvalue weighted by Gasteiger charge is -2.23. The summed E-state index contributed by atoms with van der Waals surface area (Å²) in [5.74, 6) is 0.241. The fourth-order valence-electron chi connectivity index (χ4n) is 3.48. The molecule has 6 nitrogen and oxygen atoms in total. The quantitative estimate of drug-likeness (QED) is 0.472. The number of cyclic esters (lactones) is 1. The van der Waals surface area contributed by atoms with E-state index in [-0.39, 0.29) is 46.6 Å². The van der Waals surface area contributed by atoms with Gasteiger partial charge in [0.2, 0.25) is 0 Å². The zero-order valence-electron chi connectivity index (χ0n) is 16.8. The molecule has 1 aliphatic heterocycles. The Kier molecular flexibility index (Phi) is 5.31. The topological polar surface area (TPSA) is 87.9 Å². The van der Waals surface area contributed by atoms with E-state index in [2.05, 4.69) is 0 Å². The van der Waals surface area contributed by atoms with Gasteiger partial charge in [-0.15, -0.1) is 0 Å². The average molecular weight is 383 g/mol. The molecule has 0 bridgehead atoms. The standard InChI is InChI=1S/C22H25NO5/c1-11(2)6-17(24)15-9-16(23)21-18(20(15)26-5)22(25)27-10-14-8-12(3)7-13(4)19(14)28-21/h7-9,11H,6,10,23H2,1-5H3. The molecule has 0 saturated heterocycles. The zero-order valence-corrected chi connectivity index (χ0v) is 16.8. The van der Waals surface area contributed by atoms with Crippen LogP contribution in [0.25, 0.3) is 0 Å². The zero-order chi connectivity index (χ0) is 20.6. The number of hydrogen-bond donors (Lipinski definition) is 1. The third-order valence-electron chi connectivity index (χ3n) is 4.62. The van der Waals surface area contributed by atoms with Crippen LogP contribution in [0.1, 0.15) is 57.7 Å². The largest absolute Gasteiger partial charge is 0.495 e. The predicted octanol–water partition coefficient (Wildman–Crippen LogP) is 4.59. The van der Waals surface area contributed by atoms with Gasteiger partial charge in [-0.05, 0) is 37.5 Å². The second kappa shape index (κ2) is 7.54. The van der Waals surface area contributed by atoms with Gasteiger partial charge in [0.1, 0.15) is 23.7 Å². The van der Waals surface area contributed by atoms with Gasteiger partial charge in [0, 0.05) is 12.0 Å². The van der Waals surface area contributed by atoms with E-state index in [1.165, 1.54) is 13.2 Å². The van der Waals surface area contributed by atoms with Crippen LogP contribution in [0.2, 0.25) is 0 Å². The smallest absolute Gasteiger partial charge is 0.346 e. The molecule has 2 aromatic carbocycles. The van der Waals surface area contributed by atoms with Crippen molar-refractivity contribution in [1.29, 1.82) is 0 Å². The van der Waals surface area contributed by atoms with Crippen molar-refractivity contribution in [2.24, 2.45) is 5.92 Å². The first-order valence-electron chi connectivity index (χ1n) is 9.21. The van der Waals surface area contributed by atoms with Crippen LogP contribution in [-0.2, 0) is 11.3 Å². The maximum Gasteiger partial charge on any atom is 0.346 e. The summed E-state index contributed by atoms with van der Waals surface area (Å²) in [4.78, 5) is 25.5. The number of benzene rings is 2. The molecule has 1 aliphatic rings. The summed E-state index contributed by atoms with van der Waals surface area (Å²) < 4.78 is 17.1. The van der Waals surface area contributed by atoms with Crippen LogP contribution in [0.15, 0.2) is 18.2 Å². The molecule has 0 amide bonds. The number of hydrogen-bond acceptors (Lipinski definition) is 6. The number of Topliss-reactive ketones (excluding diaryl/α,β-unsaturated/α-hetero) is 1. The molecule has 28 heavy (non-hydrogen) atoms. The molecule has 0 unspecified atom stereocenters. The van der Waals surface area contributed by atoms with Gasteiger partial charge in [-0.2, -0.15) is 0 Å². The third kappa shape index (κ3) is 3.54. The highest BCUT2D eigenvalue weighted by molar-refractivity contribution is 6.07. The van der Waals surface area contributed by atoms with E-state index in [1.54, 1.807) is 0 Å². The van der Waals surface area contributed by atoms with E-state index in [0.717, 1.165) is 16.7 Å². The summed E-state index contributed by atoms with van der Waals surface area (Å²) in [5, 5.41) is 0. The number of methoxy groups -OCH3 is 1. The molecule has 3 rings (SSSR count). The summed E-state index contributed by atoms with van der Waals surface area (Å²) in [6.45, 7) is 7.83. The third-order valence-corrected chi connectivity index (χ3v) is 4.62. The number of nitrogen functional groups attached to an aromatic ring is 1. The summed E-state index contributed by atoms with van der Waals surface area (Å²) >= 11 is 0. The molecule has 0 aliphatic carbocycles. The number of carbonyl (C=O) groups is 2. The number of esters is 1. The van der Waals surface area contributed by atoms with Crippen LogP contribution in [0.3, 0.4) is 0 Å². The fourth-order valence-corrected chi connectivity index (χ4v) is 3.48. The molecule has 0 aromatic heterocycles. The number of ether oxygens (including phenoxy) is 3. The van der Waals surface area contributed by atoms with E-state index >= 15 is 0 Å². The average Bonchev–Trinajstić information content (AvgIpc) is 2.60. The van der Waals surface area contributed by atoms with Crippen molar-refractivity contribution < 1.29 is 23.8 Å². The molecule has 1 heterocycles. The van der Waals surface area contributed by atoms with E-state index in [9.17, 15) is 9.59 Å². The second-order valence-corrected chi connectivity index (χ2v) is 7.52. The Bertz CT molecular complexity index is 962. The van der Waals surface area contributed by atoms with Crippen molar-refractivity contribution in [1.82, 2.24) is 0 Å². The maximum atomic E-state index is 12.8. The van der Waals surface area contributed by atoms with Crippen LogP contribution in [-0.4, -0.2) is 18.9 Å². The highest BCUT2D eigenvalue weighted by Crippen LogP contribution is 2.44. The Labute approximate surface area is 164 Å². The summed E-state index contributed by atoms with van der Waals surface area (Å²) in [6, 6.07) is 5.41. The van der Waals surface area contributed by atoms with Crippen LogP contribution in [0.4, 0.5) is 5.69 Å². The Morgan fingerprint density at radius 1 is 1.21 bits per heavy atom. The SMILES string of the molecule is COc1c(C(=O)CC(C)C)cc(N)c2c1C(=O)OCc1cc(C)cc(C)c1O2. The number of nitrogens with two attached hydrogens (primary N) is 1. The fraction of sp³-hybridized carbons (Fsp3) is 0.364. The molecule has 148 valence electrons. The van der Waals surface area contributed by atoms with E-state index in [4.69, 9.17) is 19.9 Å². The maximum absolute atomic E-state index is 12.8. The minimum absolute atomic E-state index is 0.0419. The Morgan fingerprint density at radius 2 is 1.93 bits per heavy atom. The van der Waals surface area contributed by atoms with Crippen LogP contribution in [0.5, 0.6) is 17.2 Å². The van der Waals surface area contributed by atoms with Crippen molar-refractivity contribution in [3.8, 4) is 17.2 Å².